The first kappa shape index (κ1) is 19.1. The highest BCUT2D eigenvalue weighted by atomic mass is 17.2. The minimum absolute atomic E-state index is 0.0890. The lowest BCUT2D eigenvalue weighted by atomic mass is 9.94. The van der Waals surface area contributed by atoms with Crippen LogP contribution in [0, 0.1) is 0 Å². The first-order valence-electron chi connectivity index (χ1n) is 7.54. The van der Waals surface area contributed by atoms with Crippen molar-refractivity contribution in [2.45, 2.75) is 45.8 Å². The first-order valence-corrected chi connectivity index (χ1v) is 7.54. The molecule has 6 heteroatoms. The quantitative estimate of drug-likeness (QED) is 0.332. The van der Waals surface area contributed by atoms with E-state index in [4.69, 9.17) is 19.2 Å². The number of rotatable bonds is 7. The van der Waals surface area contributed by atoms with E-state index in [1.165, 1.54) is 0 Å². The van der Waals surface area contributed by atoms with Crippen LogP contribution in [0.4, 0.5) is 0 Å². The second-order valence-electron chi connectivity index (χ2n) is 5.77. The van der Waals surface area contributed by atoms with E-state index in [9.17, 15) is 9.59 Å². The molecule has 0 radical (unpaired) electrons. The first-order chi connectivity index (χ1) is 10.8. The minimum Gasteiger partial charge on any atom is -0.463 e. The van der Waals surface area contributed by atoms with Crippen molar-refractivity contribution in [1.82, 2.24) is 0 Å². The van der Waals surface area contributed by atoms with Crippen LogP contribution in [-0.4, -0.2) is 30.8 Å². The van der Waals surface area contributed by atoms with Crippen LogP contribution in [0.25, 0.3) is 0 Å². The third kappa shape index (κ3) is 4.77. The predicted octanol–water partition coefficient (Wildman–Crippen LogP) is 2.75. The molecule has 0 spiro atoms. The summed E-state index contributed by atoms with van der Waals surface area (Å²) in [6, 6.07) is 8.29. The van der Waals surface area contributed by atoms with Gasteiger partial charge in [-0.05, 0) is 34.6 Å². The standard InChI is InChI=1S/C17H24O6/c1-6-20-14(18)17(15(19)21-7-2,23-22-16(3,4)5)13-11-9-8-10-12-13/h8-12H,6-7H2,1-5H3. The van der Waals surface area contributed by atoms with Crippen molar-refractivity contribution in [3.8, 4) is 0 Å². The molecule has 0 aliphatic carbocycles. The van der Waals surface area contributed by atoms with Crippen molar-refractivity contribution in [3.63, 3.8) is 0 Å². The summed E-state index contributed by atoms with van der Waals surface area (Å²) in [5.41, 5.74) is -2.58. The molecule has 1 aromatic carbocycles. The molecule has 0 fully saturated rings. The van der Waals surface area contributed by atoms with Crippen molar-refractivity contribution in [3.05, 3.63) is 35.9 Å². The number of hydrogen-bond acceptors (Lipinski definition) is 6. The van der Waals surface area contributed by atoms with Crippen LogP contribution in [0.3, 0.4) is 0 Å². The molecule has 1 rings (SSSR count). The van der Waals surface area contributed by atoms with Gasteiger partial charge in [0.25, 0.3) is 0 Å². The van der Waals surface area contributed by atoms with Gasteiger partial charge in [0.1, 0.15) is 0 Å². The van der Waals surface area contributed by atoms with Gasteiger partial charge >= 0.3 is 17.5 Å². The number of carbonyl (C=O) groups is 2. The van der Waals surface area contributed by atoms with Crippen molar-refractivity contribution in [2.24, 2.45) is 0 Å². The molecule has 0 heterocycles. The van der Waals surface area contributed by atoms with Crippen molar-refractivity contribution < 1.29 is 28.8 Å². The highest BCUT2D eigenvalue weighted by molar-refractivity contribution is 6.04. The van der Waals surface area contributed by atoms with E-state index in [0.29, 0.717) is 0 Å². The van der Waals surface area contributed by atoms with Crippen LogP contribution in [-0.2, 0) is 34.4 Å². The molecule has 0 atom stereocenters. The summed E-state index contributed by atoms with van der Waals surface area (Å²) < 4.78 is 10.1. The molecule has 0 aliphatic heterocycles. The Morgan fingerprint density at radius 3 is 1.74 bits per heavy atom. The zero-order valence-corrected chi connectivity index (χ0v) is 14.3. The monoisotopic (exact) mass is 324 g/mol. The van der Waals surface area contributed by atoms with E-state index in [1.54, 1.807) is 65.0 Å². The summed E-state index contributed by atoms with van der Waals surface area (Å²) in [7, 11) is 0. The normalized spacial score (nSPS) is 11.9. The van der Waals surface area contributed by atoms with E-state index in [0.717, 1.165) is 0 Å². The van der Waals surface area contributed by atoms with Crippen LogP contribution in [0.1, 0.15) is 40.2 Å². The number of hydrogen-bond donors (Lipinski definition) is 0. The zero-order valence-electron chi connectivity index (χ0n) is 14.3. The second kappa shape index (κ2) is 8.08. The molecule has 1 aromatic rings. The average Bonchev–Trinajstić information content (AvgIpc) is 2.48. The second-order valence-corrected chi connectivity index (χ2v) is 5.77. The summed E-state index contributed by atoms with van der Waals surface area (Å²) in [5, 5.41) is 0. The fourth-order valence-corrected chi connectivity index (χ4v) is 1.76. The summed E-state index contributed by atoms with van der Waals surface area (Å²) in [4.78, 5) is 35.8. The zero-order chi connectivity index (χ0) is 17.5. The Bertz CT molecular complexity index is 500. The molecular formula is C17H24O6. The van der Waals surface area contributed by atoms with Gasteiger partial charge in [-0.25, -0.2) is 19.4 Å². The fourth-order valence-electron chi connectivity index (χ4n) is 1.76. The average molecular weight is 324 g/mol. The van der Waals surface area contributed by atoms with E-state index in [-0.39, 0.29) is 18.8 Å². The summed E-state index contributed by atoms with van der Waals surface area (Å²) >= 11 is 0. The highest BCUT2D eigenvalue weighted by Gasteiger charge is 2.54. The largest absolute Gasteiger partial charge is 0.463 e. The van der Waals surface area contributed by atoms with Crippen molar-refractivity contribution >= 4 is 11.9 Å². The van der Waals surface area contributed by atoms with Crippen LogP contribution in [0.2, 0.25) is 0 Å². The number of benzene rings is 1. The maximum atomic E-state index is 12.6. The van der Waals surface area contributed by atoms with Crippen LogP contribution >= 0.6 is 0 Å². The van der Waals surface area contributed by atoms with Crippen LogP contribution < -0.4 is 0 Å². The lowest BCUT2D eigenvalue weighted by molar-refractivity contribution is -0.394. The molecule has 0 bridgehead atoms. The number of carbonyl (C=O) groups excluding carboxylic acids is 2. The molecule has 0 saturated heterocycles. The van der Waals surface area contributed by atoms with Crippen LogP contribution in [0.15, 0.2) is 30.3 Å². The van der Waals surface area contributed by atoms with E-state index >= 15 is 0 Å². The summed E-state index contributed by atoms with van der Waals surface area (Å²) in [6.07, 6.45) is 0. The van der Waals surface area contributed by atoms with E-state index in [2.05, 4.69) is 0 Å². The van der Waals surface area contributed by atoms with E-state index < -0.39 is 23.1 Å². The number of esters is 2. The Labute approximate surface area is 136 Å². The van der Waals surface area contributed by atoms with Gasteiger partial charge in [0.15, 0.2) is 0 Å². The topological polar surface area (TPSA) is 71.1 Å². The van der Waals surface area contributed by atoms with Gasteiger partial charge in [0.2, 0.25) is 0 Å². The van der Waals surface area contributed by atoms with Gasteiger partial charge in [-0.3, -0.25) is 0 Å². The third-order valence-electron chi connectivity index (χ3n) is 2.72. The van der Waals surface area contributed by atoms with Gasteiger partial charge in [-0.15, -0.1) is 0 Å². The molecular weight excluding hydrogens is 300 g/mol. The molecule has 0 aromatic heterocycles. The molecule has 0 unspecified atom stereocenters. The summed E-state index contributed by atoms with van der Waals surface area (Å²) in [6.45, 7) is 8.67. The molecule has 0 amide bonds. The Balaban J connectivity index is 3.38. The van der Waals surface area contributed by atoms with Gasteiger partial charge in [0.05, 0.1) is 18.8 Å². The molecule has 0 N–H and O–H groups in total. The van der Waals surface area contributed by atoms with Gasteiger partial charge in [0, 0.05) is 5.56 Å². The molecule has 23 heavy (non-hydrogen) atoms. The van der Waals surface area contributed by atoms with Gasteiger partial charge in [-0.2, -0.15) is 0 Å². The van der Waals surface area contributed by atoms with Crippen molar-refractivity contribution in [1.29, 1.82) is 0 Å². The Morgan fingerprint density at radius 2 is 1.35 bits per heavy atom. The lowest BCUT2D eigenvalue weighted by Crippen LogP contribution is -2.49. The number of ether oxygens (including phenoxy) is 2. The smallest absolute Gasteiger partial charge is 0.358 e. The Kier molecular flexibility index (Phi) is 6.72. The third-order valence-corrected chi connectivity index (χ3v) is 2.72. The lowest BCUT2D eigenvalue weighted by Gasteiger charge is -2.31. The minimum atomic E-state index is -2.12. The van der Waals surface area contributed by atoms with Gasteiger partial charge < -0.3 is 9.47 Å². The molecule has 0 saturated carbocycles. The highest BCUT2D eigenvalue weighted by Crippen LogP contribution is 2.31. The van der Waals surface area contributed by atoms with Crippen LogP contribution in [0.5, 0.6) is 0 Å². The molecule has 6 nitrogen and oxygen atoms in total. The SMILES string of the molecule is CCOC(=O)C(OOC(C)(C)C)(C(=O)OCC)c1ccccc1. The summed E-state index contributed by atoms with van der Waals surface area (Å²) in [5.74, 6) is -1.76. The fraction of sp³-hybridized carbons (Fsp3) is 0.529. The molecule has 0 aliphatic rings. The predicted molar refractivity (Wildman–Crippen MR) is 83.3 cm³/mol. The molecule has 128 valence electrons. The Hall–Kier alpha value is -1.92. The Morgan fingerprint density at radius 1 is 0.870 bits per heavy atom. The van der Waals surface area contributed by atoms with Gasteiger partial charge in [-0.1, -0.05) is 30.3 Å². The van der Waals surface area contributed by atoms with Crippen molar-refractivity contribution in [2.75, 3.05) is 13.2 Å². The van der Waals surface area contributed by atoms with E-state index in [1.807, 2.05) is 0 Å². The maximum absolute atomic E-state index is 12.6. The maximum Gasteiger partial charge on any atom is 0.358 e.